The van der Waals surface area contributed by atoms with Crippen molar-refractivity contribution < 1.29 is 9.53 Å². The van der Waals surface area contributed by atoms with E-state index in [0.717, 1.165) is 11.3 Å². The highest BCUT2D eigenvalue weighted by atomic mass is 16.5. The third kappa shape index (κ3) is 3.48. The normalized spacial score (nSPS) is 9.71. The van der Waals surface area contributed by atoms with Gasteiger partial charge in [-0.2, -0.15) is 5.26 Å². The van der Waals surface area contributed by atoms with Crippen LogP contribution in [0.15, 0.2) is 36.4 Å². The Morgan fingerprint density at radius 1 is 1.33 bits per heavy atom. The number of benzene rings is 1. The zero-order chi connectivity index (χ0) is 15.2. The van der Waals surface area contributed by atoms with Crippen LogP contribution in [-0.2, 0) is 11.2 Å². The van der Waals surface area contributed by atoms with E-state index >= 15 is 0 Å². The number of carbonyl (C=O) groups is 1. The number of nitrogens with two attached hydrogens (primary N) is 1. The highest BCUT2D eigenvalue weighted by Gasteiger charge is 2.10. The van der Waals surface area contributed by atoms with E-state index in [4.69, 9.17) is 11.0 Å². The van der Waals surface area contributed by atoms with Crippen LogP contribution in [-0.4, -0.2) is 18.1 Å². The van der Waals surface area contributed by atoms with E-state index < -0.39 is 5.97 Å². The van der Waals surface area contributed by atoms with Crippen LogP contribution in [0.25, 0.3) is 0 Å². The lowest BCUT2D eigenvalue weighted by atomic mass is 10.1. The molecule has 6 nitrogen and oxygen atoms in total. The molecule has 0 fully saturated rings. The van der Waals surface area contributed by atoms with Gasteiger partial charge in [0, 0.05) is 5.69 Å². The molecule has 0 radical (unpaired) electrons. The van der Waals surface area contributed by atoms with Gasteiger partial charge in [0.2, 0.25) is 0 Å². The van der Waals surface area contributed by atoms with Gasteiger partial charge in [-0.15, -0.1) is 0 Å². The molecule has 0 bridgehead atoms. The third-order valence-corrected chi connectivity index (χ3v) is 2.82. The fourth-order valence-electron chi connectivity index (χ4n) is 1.72. The van der Waals surface area contributed by atoms with E-state index in [1.165, 1.54) is 13.2 Å². The van der Waals surface area contributed by atoms with Gasteiger partial charge in [0.25, 0.3) is 0 Å². The van der Waals surface area contributed by atoms with E-state index in [1.807, 2.05) is 24.3 Å². The Labute approximate surface area is 122 Å². The summed E-state index contributed by atoms with van der Waals surface area (Å²) >= 11 is 0. The van der Waals surface area contributed by atoms with Crippen LogP contribution in [0.1, 0.15) is 16.1 Å². The molecule has 0 atom stereocenters. The Balaban J connectivity index is 2.22. The van der Waals surface area contributed by atoms with Gasteiger partial charge in [-0.25, -0.2) is 9.78 Å². The number of carbonyl (C=O) groups excluding carboxylic acids is 1. The highest BCUT2D eigenvalue weighted by Crippen LogP contribution is 2.21. The standard InChI is InChI=1S/C15H14N4O2/c1-21-15(20)13-7-6-12(17)14(19-13)18-11-4-2-10(3-5-11)8-9-16/h2-7H,8,17H2,1H3,(H,18,19). The van der Waals surface area contributed by atoms with Crippen molar-refractivity contribution in [2.24, 2.45) is 0 Å². The molecular formula is C15H14N4O2. The second kappa shape index (κ2) is 6.39. The fourth-order valence-corrected chi connectivity index (χ4v) is 1.72. The molecule has 106 valence electrons. The quantitative estimate of drug-likeness (QED) is 0.834. The number of nitrogens with zero attached hydrogens (tertiary/aromatic N) is 2. The maximum Gasteiger partial charge on any atom is 0.356 e. The molecule has 0 aliphatic carbocycles. The number of methoxy groups -OCH3 is 1. The van der Waals surface area contributed by atoms with Crippen LogP contribution in [0.4, 0.5) is 17.2 Å². The summed E-state index contributed by atoms with van der Waals surface area (Å²) in [5, 5.41) is 11.7. The van der Waals surface area contributed by atoms with Crippen molar-refractivity contribution in [2.75, 3.05) is 18.2 Å². The molecular weight excluding hydrogens is 268 g/mol. The van der Waals surface area contributed by atoms with Crippen LogP contribution in [0.2, 0.25) is 0 Å². The van der Waals surface area contributed by atoms with Gasteiger partial charge >= 0.3 is 5.97 Å². The highest BCUT2D eigenvalue weighted by molar-refractivity contribution is 5.88. The van der Waals surface area contributed by atoms with E-state index in [0.29, 0.717) is 17.9 Å². The average Bonchev–Trinajstić information content (AvgIpc) is 2.51. The van der Waals surface area contributed by atoms with Gasteiger partial charge < -0.3 is 15.8 Å². The molecule has 0 aliphatic rings. The Hall–Kier alpha value is -3.07. The molecule has 1 aromatic carbocycles. The molecule has 1 heterocycles. The van der Waals surface area contributed by atoms with E-state index in [9.17, 15) is 4.79 Å². The minimum atomic E-state index is -0.526. The third-order valence-electron chi connectivity index (χ3n) is 2.82. The van der Waals surface area contributed by atoms with Crippen LogP contribution in [0.3, 0.4) is 0 Å². The van der Waals surface area contributed by atoms with Gasteiger partial charge in [0.1, 0.15) is 0 Å². The summed E-state index contributed by atoms with van der Waals surface area (Å²) in [6.07, 6.45) is 0.360. The van der Waals surface area contributed by atoms with Gasteiger partial charge in [0.05, 0.1) is 25.3 Å². The van der Waals surface area contributed by atoms with E-state index in [-0.39, 0.29) is 5.69 Å². The largest absolute Gasteiger partial charge is 0.464 e. The molecule has 1 aromatic heterocycles. The first-order valence-corrected chi connectivity index (χ1v) is 6.22. The van der Waals surface area contributed by atoms with Crippen molar-refractivity contribution >= 4 is 23.2 Å². The summed E-state index contributed by atoms with van der Waals surface area (Å²) in [4.78, 5) is 15.6. The molecule has 2 rings (SSSR count). The lowest BCUT2D eigenvalue weighted by Gasteiger charge is -2.10. The molecule has 0 spiro atoms. The van der Waals surface area contributed by atoms with E-state index in [2.05, 4.69) is 21.1 Å². The molecule has 21 heavy (non-hydrogen) atoms. The number of hydrogen-bond donors (Lipinski definition) is 2. The number of nitriles is 1. The van der Waals surface area contributed by atoms with Crippen molar-refractivity contribution in [1.82, 2.24) is 4.98 Å². The lowest BCUT2D eigenvalue weighted by molar-refractivity contribution is 0.0594. The molecule has 0 saturated carbocycles. The Morgan fingerprint density at radius 3 is 2.67 bits per heavy atom. The predicted molar refractivity (Wildman–Crippen MR) is 79.0 cm³/mol. The van der Waals surface area contributed by atoms with Gasteiger partial charge in [-0.1, -0.05) is 12.1 Å². The Morgan fingerprint density at radius 2 is 2.05 bits per heavy atom. The van der Waals surface area contributed by atoms with Gasteiger partial charge in [-0.05, 0) is 29.8 Å². The van der Waals surface area contributed by atoms with Crippen LogP contribution >= 0.6 is 0 Å². The second-order valence-corrected chi connectivity index (χ2v) is 4.28. The van der Waals surface area contributed by atoms with Gasteiger partial charge in [-0.3, -0.25) is 0 Å². The van der Waals surface area contributed by atoms with Crippen molar-refractivity contribution in [1.29, 1.82) is 5.26 Å². The monoisotopic (exact) mass is 282 g/mol. The average molecular weight is 282 g/mol. The number of aromatic nitrogens is 1. The Bertz CT molecular complexity index is 690. The zero-order valence-corrected chi connectivity index (χ0v) is 11.5. The molecule has 6 heteroatoms. The number of pyridine rings is 1. The van der Waals surface area contributed by atoms with Crippen LogP contribution < -0.4 is 11.1 Å². The SMILES string of the molecule is COC(=O)c1ccc(N)c(Nc2ccc(CC#N)cc2)n1. The Kier molecular flexibility index (Phi) is 4.36. The topological polar surface area (TPSA) is 101 Å². The van der Waals surface area contributed by atoms with Crippen molar-refractivity contribution in [3.8, 4) is 6.07 Å². The van der Waals surface area contributed by atoms with Crippen LogP contribution in [0, 0.1) is 11.3 Å². The molecule has 2 aromatic rings. The second-order valence-electron chi connectivity index (χ2n) is 4.28. The van der Waals surface area contributed by atoms with Crippen LogP contribution in [0.5, 0.6) is 0 Å². The molecule has 0 unspecified atom stereocenters. The zero-order valence-electron chi connectivity index (χ0n) is 11.5. The maximum absolute atomic E-state index is 11.5. The summed E-state index contributed by atoms with van der Waals surface area (Å²) in [5.41, 5.74) is 8.12. The number of anilines is 3. The molecule has 0 saturated heterocycles. The number of esters is 1. The maximum atomic E-state index is 11.5. The first kappa shape index (κ1) is 14.3. The number of nitrogens with one attached hydrogen (secondary N) is 1. The molecule has 3 N–H and O–H groups in total. The summed E-state index contributed by atoms with van der Waals surface area (Å²) in [7, 11) is 1.29. The number of ether oxygens (including phenoxy) is 1. The summed E-state index contributed by atoms with van der Waals surface area (Å²) in [5.74, 6) is -0.145. The lowest BCUT2D eigenvalue weighted by Crippen LogP contribution is -2.07. The fraction of sp³-hybridized carbons (Fsp3) is 0.133. The van der Waals surface area contributed by atoms with E-state index in [1.54, 1.807) is 6.07 Å². The smallest absolute Gasteiger partial charge is 0.356 e. The van der Waals surface area contributed by atoms with Crippen molar-refractivity contribution in [3.05, 3.63) is 47.7 Å². The molecule has 0 aliphatic heterocycles. The minimum Gasteiger partial charge on any atom is -0.464 e. The summed E-state index contributed by atoms with van der Waals surface area (Å²) in [6.45, 7) is 0. The number of rotatable bonds is 4. The summed E-state index contributed by atoms with van der Waals surface area (Å²) < 4.78 is 4.62. The molecule has 0 amide bonds. The van der Waals surface area contributed by atoms with Crippen molar-refractivity contribution in [2.45, 2.75) is 6.42 Å². The first-order valence-electron chi connectivity index (χ1n) is 6.22. The number of nitrogen functional groups attached to an aromatic ring is 1. The first-order chi connectivity index (χ1) is 10.1. The van der Waals surface area contributed by atoms with Gasteiger partial charge in [0.15, 0.2) is 11.5 Å². The predicted octanol–water partition coefficient (Wildman–Crippen LogP) is 2.26. The summed E-state index contributed by atoms with van der Waals surface area (Å²) in [6, 6.07) is 12.5. The van der Waals surface area contributed by atoms with Crippen molar-refractivity contribution in [3.63, 3.8) is 0 Å². The minimum absolute atomic E-state index is 0.176. The number of hydrogen-bond acceptors (Lipinski definition) is 6.